The fourth-order valence-corrected chi connectivity index (χ4v) is 5.66. The second-order valence-electron chi connectivity index (χ2n) is 6.68. The minimum absolute atomic E-state index is 0.587. The van der Waals surface area contributed by atoms with E-state index in [9.17, 15) is 4.21 Å². The van der Waals surface area contributed by atoms with Crippen molar-refractivity contribution < 1.29 is 4.21 Å². The highest BCUT2D eigenvalue weighted by Crippen LogP contribution is 2.38. The van der Waals surface area contributed by atoms with E-state index in [0.29, 0.717) is 5.82 Å². The molecular formula is C23H21N3OS2. The van der Waals surface area contributed by atoms with E-state index in [-0.39, 0.29) is 0 Å². The number of aromatic nitrogens is 2. The molecule has 0 saturated carbocycles. The van der Waals surface area contributed by atoms with Crippen LogP contribution in [0.25, 0.3) is 21.7 Å². The molecule has 0 aliphatic rings. The highest BCUT2D eigenvalue weighted by atomic mass is 32.2. The third-order valence-corrected chi connectivity index (χ3v) is 7.98. The van der Waals surface area contributed by atoms with Gasteiger partial charge in [-0.15, -0.1) is 11.3 Å². The summed E-state index contributed by atoms with van der Waals surface area (Å²) >= 11 is 1.55. The third kappa shape index (κ3) is 3.81. The topological polar surface area (TPSA) is 54.9 Å². The summed E-state index contributed by atoms with van der Waals surface area (Å²) in [6.07, 6.45) is 1.71. The molecule has 0 aliphatic heterocycles. The fourth-order valence-electron chi connectivity index (χ4n) is 3.05. The van der Waals surface area contributed by atoms with Gasteiger partial charge in [-0.3, -0.25) is 4.72 Å². The van der Waals surface area contributed by atoms with Gasteiger partial charge >= 0.3 is 0 Å². The number of hydrogen-bond donors (Lipinski definition) is 1. The first kappa shape index (κ1) is 19.4. The molecule has 6 heteroatoms. The Morgan fingerprint density at radius 2 is 1.59 bits per heavy atom. The van der Waals surface area contributed by atoms with Crippen molar-refractivity contribution in [2.45, 2.75) is 18.7 Å². The molecule has 2 aromatic heterocycles. The van der Waals surface area contributed by atoms with Crippen molar-refractivity contribution in [2.24, 2.45) is 0 Å². The van der Waals surface area contributed by atoms with E-state index in [1.807, 2.05) is 92.2 Å². The molecule has 29 heavy (non-hydrogen) atoms. The first-order valence-electron chi connectivity index (χ1n) is 9.21. The number of anilines is 1. The predicted molar refractivity (Wildman–Crippen MR) is 124 cm³/mol. The first-order chi connectivity index (χ1) is 14.1. The van der Waals surface area contributed by atoms with Crippen LogP contribution in [0.4, 0.5) is 5.82 Å². The van der Waals surface area contributed by atoms with Gasteiger partial charge in [-0.25, -0.2) is 14.2 Å². The Kier molecular flexibility index (Phi) is 5.47. The Balaban J connectivity index is 1.84. The lowest BCUT2D eigenvalue weighted by molar-refractivity contribution is 0.683. The van der Waals surface area contributed by atoms with Crippen LogP contribution >= 0.6 is 11.3 Å². The van der Waals surface area contributed by atoms with Gasteiger partial charge in [-0.1, -0.05) is 48.5 Å². The first-order valence-corrected chi connectivity index (χ1v) is 11.6. The lowest BCUT2D eigenvalue weighted by Crippen LogP contribution is -2.20. The largest absolute Gasteiger partial charge is 0.293 e. The van der Waals surface area contributed by atoms with Gasteiger partial charge in [0.25, 0.3) is 0 Å². The lowest BCUT2D eigenvalue weighted by atomic mass is 10.1. The summed E-state index contributed by atoms with van der Waals surface area (Å²) in [5, 5.41) is 0. The van der Waals surface area contributed by atoms with Crippen LogP contribution in [0.1, 0.15) is 13.8 Å². The second-order valence-corrected chi connectivity index (χ2v) is 10.1. The molecule has 4 rings (SSSR count). The van der Waals surface area contributed by atoms with E-state index < -0.39 is 9.71 Å². The molecule has 0 bridgehead atoms. The minimum atomic E-state index is -2.64. The van der Waals surface area contributed by atoms with E-state index in [2.05, 4.69) is 14.7 Å². The standard InChI is InChI=1S/C23H21N3OS2/c1-17(2)29(27,19-12-7-4-8-13-19)26-23-20(14-9-15-24-23)22-21(25-16-28-22)18-10-5-3-6-11-18/h3-16H,1-2H3,(H,24,26,27). The van der Waals surface area contributed by atoms with Crippen LogP contribution < -0.4 is 4.72 Å². The Labute approximate surface area is 175 Å². The predicted octanol–water partition coefficient (Wildman–Crippen LogP) is 5.75. The molecule has 2 heterocycles. The zero-order valence-electron chi connectivity index (χ0n) is 16.2. The summed E-state index contributed by atoms with van der Waals surface area (Å²) in [4.78, 5) is 11.7. The van der Waals surface area contributed by atoms with E-state index >= 15 is 0 Å². The highest BCUT2D eigenvalue weighted by Gasteiger charge is 2.19. The number of nitrogens with zero attached hydrogens (tertiary/aromatic N) is 2. The maximum absolute atomic E-state index is 13.9. The SMILES string of the molecule is CC(C)=S(=O)(Nc1ncccc1-c1scnc1-c1ccccc1)c1ccccc1. The van der Waals surface area contributed by atoms with Crippen molar-refractivity contribution in [3.05, 3.63) is 84.5 Å². The van der Waals surface area contributed by atoms with Crippen LogP contribution in [0.3, 0.4) is 0 Å². The lowest BCUT2D eigenvalue weighted by Gasteiger charge is -2.18. The maximum atomic E-state index is 13.9. The molecular weight excluding hydrogens is 398 g/mol. The molecule has 146 valence electrons. The van der Waals surface area contributed by atoms with Crippen LogP contribution in [0.5, 0.6) is 0 Å². The van der Waals surface area contributed by atoms with Gasteiger partial charge in [0.05, 0.1) is 25.8 Å². The van der Waals surface area contributed by atoms with Crippen LogP contribution in [0.2, 0.25) is 0 Å². The Bertz CT molecular complexity index is 1240. The molecule has 0 saturated heterocycles. The Morgan fingerprint density at radius 1 is 0.897 bits per heavy atom. The fraction of sp³-hybridized carbons (Fsp3) is 0.0870. The van der Waals surface area contributed by atoms with Crippen LogP contribution in [0, 0.1) is 0 Å². The summed E-state index contributed by atoms with van der Waals surface area (Å²) < 4.78 is 17.2. The number of thiazole rings is 1. The molecule has 1 N–H and O–H groups in total. The maximum Gasteiger partial charge on any atom is 0.146 e. The molecule has 1 atom stereocenters. The van der Waals surface area contributed by atoms with Gasteiger partial charge in [0.1, 0.15) is 5.82 Å². The number of hydrogen-bond acceptors (Lipinski definition) is 4. The number of benzene rings is 2. The average molecular weight is 420 g/mol. The molecule has 0 spiro atoms. The third-order valence-electron chi connectivity index (χ3n) is 4.56. The summed E-state index contributed by atoms with van der Waals surface area (Å²) in [7, 11) is -2.64. The van der Waals surface area contributed by atoms with Gasteiger partial charge in [-0.2, -0.15) is 0 Å². The van der Waals surface area contributed by atoms with Gasteiger partial charge in [0, 0.05) is 22.2 Å². The molecule has 2 aromatic carbocycles. The quantitative estimate of drug-likeness (QED) is 0.419. The number of pyridine rings is 1. The zero-order chi connectivity index (χ0) is 20.3. The van der Waals surface area contributed by atoms with Gasteiger partial charge in [0.15, 0.2) is 0 Å². The summed E-state index contributed by atoms with van der Waals surface area (Å²) in [5.74, 6) is 0.587. The average Bonchev–Trinajstić information content (AvgIpc) is 3.25. The highest BCUT2D eigenvalue weighted by molar-refractivity contribution is 8.03. The molecule has 0 radical (unpaired) electrons. The second kappa shape index (κ2) is 8.19. The summed E-state index contributed by atoms with van der Waals surface area (Å²) in [5.41, 5.74) is 4.66. The van der Waals surface area contributed by atoms with Crippen molar-refractivity contribution in [1.29, 1.82) is 0 Å². The molecule has 0 fully saturated rings. The number of nitrogens with one attached hydrogen (secondary N) is 1. The zero-order valence-corrected chi connectivity index (χ0v) is 17.8. The molecule has 4 nitrogen and oxygen atoms in total. The summed E-state index contributed by atoms with van der Waals surface area (Å²) in [6.45, 7) is 3.76. The van der Waals surface area contributed by atoms with E-state index in [4.69, 9.17) is 0 Å². The van der Waals surface area contributed by atoms with Gasteiger partial charge < -0.3 is 0 Å². The van der Waals surface area contributed by atoms with Crippen molar-refractivity contribution in [3.63, 3.8) is 0 Å². The minimum Gasteiger partial charge on any atom is -0.293 e. The van der Waals surface area contributed by atoms with Crippen molar-refractivity contribution in [1.82, 2.24) is 9.97 Å². The smallest absolute Gasteiger partial charge is 0.146 e. The van der Waals surface area contributed by atoms with Gasteiger partial charge in [-0.05, 0) is 43.0 Å². The molecule has 4 aromatic rings. The normalized spacial score (nSPS) is 12.9. The van der Waals surface area contributed by atoms with E-state index in [0.717, 1.165) is 31.5 Å². The van der Waals surface area contributed by atoms with Gasteiger partial charge in [0.2, 0.25) is 0 Å². The molecule has 0 amide bonds. The van der Waals surface area contributed by atoms with Crippen LogP contribution in [0.15, 0.2) is 89.4 Å². The van der Waals surface area contributed by atoms with E-state index in [1.54, 1.807) is 17.5 Å². The Morgan fingerprint density at radius 3 is 2.28 bits per heavy atom. The summed E-state index contributed by atoms with van der Waals surface area (Å²) in [6, 6.07) is 23.4. The molecule has 1 unspecified atom stereocenters. The molecule has 0 aliphatic carbocycles. The van der Waals surface area contributed by atoms with E-state index in [1.165, 1.54) is 0 Å². The van der Waals surface area contributed by atoms with Crippen LogP contribution in [-0.2, 0) is 9.71 Å². The van der Waals surface area contributed by atoms with Crippen molar-refractivity contribution >= 4 is 31.7 Å². The Hall–Kier alpha value is -2.96. The van der Waals surface area contributed by atoms with Crippen molar-refractivity contribution in [3.8, 4) is 21.7 Å². The van der Waals surface area contributed by atoms with Crippen LogP contribution in [-0.4, -0.2) is 19.0 Å². The van der Waals surface area contributed by atoms with Crippen molar-refractivity contribution in [2.75, 3.05) is 4.72 Å². The number of rotatable bonds is 5. The monoisotopic (exact) mass is 419 g/mol.